The third kappa shape index (κ3) is 5.71. The third-order valence-corrected chi connectivity index (χ3v) is 7.49. The van der Waals surface area contributed by atoms with Gasteiger partial charge in [0.05, 0.1) is 26.2 Å². The highest BCUT2D eigenvalue weighted by Crippen LogP contribution is 2.27. The number of methoxy groups -OCH3 is 2. The molecule has 186 valence electrons. The Balaban J connectivity index is 1.36. The summed E-state index contributed by atoms with van der Waals surface area (Å²) < 4.78 is 10.0. The van der Waals surface area contributed by atoms with Crippen LogP contribution in [0.3, 0.4) is 0 Å². The number of rotatable bonds is 7. The molecule has 0 saturated carbocycles. The number of nitrogens with zero attached hydrogens (tertiary/aromatic N) is 3. The Hall–Kier alpha value is -3.24. The zero-order valence-corrected chi connectivity index (χ0v) is 21.1. The number of benzene rings is 1. The minimum Gasteiger partial charge on any atom is -0.497 e. The molecule has 0 spiro atoms. The molecule has 0 atom stereocenters. The lowest BCUT2D eigenvalue weighted by Crippen LogP contribution is -2.35. The molecule has 1 aliphatic heterocycles. The number of amides is 1. The second-order valence-electron chi connectivity index (χ2n) is 8.60. The van der Waals surface area contributed by atoms with Gasteiger partial charge in [0.25, 0.3) is 5.56 Å². The third-order valence-electron chi connectivity index (χ3n) is 6.32. The van der Waals surface area contributed by atoms with E-state index in [0.717, 1.165) is 24.3 Å². The SMILES string of the molecule is COC(=O)c1sc2nc(CN3CCCN(C(=O)CCc4ccc(OC)cc4)CC3)[nH]c(=O)c2c1C. The Kier molecular flexibility index (Phi) is 7.82. The van der Waals surface area contributed by atoms with Crippen molar-refractivity contribution in [2.24, 2.45) is 0 Å². The fourth-order valence-corrected chi connectivity index (χ4v) is 5.46. The summed E-state index contributed by atoms with van der Waals surface area (Å²) in [5, 5.41) is 0.434. The summed E-state index contributed by atoms with van der Waals surface area (Å²) in [7, 11) is 2.96. The highest BCUT2D eigenvalue weighted by molar-refractivity contribution is 7.20. The lowest BCUT2D eigenvalue weighted by molar-refractivity contribution is -0.131. The van der Waals surface area contributed by atoms with Crippen molar-refractivity contribution in [3.05, 3.63) is 56.4 Å². The summed E-state index contributed by atoms with van der Waals surface area (Å²) >= 11 is 1.18. The van der Waals surface area contributed by atoms with Gasteiger partial charge in [-0.25, -0.2) is 9.78 Å². The first-order valence-electron chi connectivity index (χ1n) is 11.6. The fourth-order valence-electron chi connectivity index (χ4n) is 4.34. The largest absolute Gasteiger partial charge is 0.497 e. The van der Waals surface area contributed by atoms with E-state index in [1.54, 1.807) is 14.0 Å². The van der Waals surface area contributed by atoms with Gasteiger partial charge in [0.15, 0.2) is 0 Å². The van der Waals surface area contributed by atoms with Crippen molar-refractivity contribution in [2.75, 3.05) is 40.4 Å². The van der Waals surface area contributed by atoms with E-state index < -0.39 is 5.97 Å². The van der Waals surface area contributed by atoms with Gasteiger partial charge in [0.2, 0.25) is 5.91 Å². The maximum atomic E-state index is 12.8. The molecular formula is C25H30N4O5S. The van der Waals surface area contributed by atoms with Gasteiger partial charge in [-0.2, -0.15) is 0 Å². The van der Waals surface area contributed by atoms with Crippen LogP contribution in [0.1, 0.15) is 39.5 Å². The standard InChI is InChI=1S/C25H30N4O5S/c1-16-21-23(31)26-19(27-24(21)35-22(16)25(32)34-3)15-28-11-4-12-29(14-13-28)20(30)10-7-17-5-8-18(33-2)9-6-17/h5-6,8-9H,4,7,10-15H2,1-3H3,(H,26,27,31). The molecule has 4 rings (SSSR count). The topological polar surface area (TPSA) is 105 Å². The molecule has 1 N–H and O–H groups in total. The van der Waals surface area contributed by atoms with Crippen LogP contribution in [0.2, 0.25) is 0 Å². The Labute approximate surface area is 207 Å². The van der Waals surface area contributed by atoms with Crippen molar-refractivity contribution in [2.45, 2.75) is 32.7 Å². The first-order chi connectivity index (χ1) is 16.9. The van der Waals surface area contributed by atoms with E-state index in [0.29, 0.717) is 65.5 Å². The number of H-pyrrole nitrogens is 1. The highest BCUT2D eigenvalue weighted by Gasteiger charge is 2.22. The summed E-state index contributed by atoms with van der Waals surface area (Å²) in [6, 6.07) is 7.80. The minimum atomic E-state index is -0.462. The summed E-state index contributed by atoms with van der Waals surface area (Å²) in [6.07, 6.45) is 2.02. The van der Waals surface area contributed by atoms with Crippen LogP contribution in [0.15, 0.2) is 29.1 Å². The van der Waals surface area contributed by atoms with Crippen LogP contribution in [-0.4, -0.2) is 72.0 Å². The summed E-state index contributed by atoms with van der Waals surface area (Å²) in [5.74, 6) is 1.05. The number of hydrogen-bond donors (Lipinski definition) is 1. The first-order valence-corrected chi connectivity index (χ1v) is 12.4. The van der Waals surface area contributed by atoms with E-state index in [4.69, 9.17) is 9.47 Å². The maximum Gasteiger partial charge on any atom is 0.348 e. The van der Waals surface area contributed by atoms with E-state index in [9.17, 15) is 14.4 Å². The van der Waals surface area contributed by atoms with Crippen LogP contribution in [0.4, 0.5) is 0 Å². The van der Waals surface area contributed by atoms with Gasteiger partial charge in [-0.15, -0.1) is 11.3 Å². The quantitative estimate of drug-likeness (QED) is 0.500. The molecule has 0 aliphatic carbocycles. The molecule has 3 heterocycles. The van der Waals surface area contributed by atoms with Crippen LogP contribution >= 0.6 is 11.3 Å². The number of ether oxygens (including phenoxy) is 2. The van der Waals surface area contributed by atoms with Gasteiger partial charge in [-0.05, 0) is 43.0 Å². The van der Waals surface area contributed by atoms with E-state index >= 15 is 0 Å². The van der Waals surface area contributed by atoms with Gasteiger partial charge < -0.3 is 19.4 Å². The monoisotopic (exact) mass is 498 g/mol. The highest BCUT2D eigenvalue weighted by atomic mass is 32.1. The van der Waals surface area contributed by atoms with Crippen molar-refractivity contribution < 1.29 is 19.1 Å². The van der Waals surface area contributed by atoms with Crippen LogP contribution in [0, 0.1) is 6.92 Å². The molecule has 0 radical (unpaired) electrons. The molecule has 3 aromatic rings. The number of aryl methyl sites for hydroxylation is 2. The van der Waals surface area contributed by atoms with Crippen molar-refractivity contribution in [1.82, 2.24) is 19.8 Å². The second kappa shape index (κ2) is 11.0. The molecule has 1 saturated heterocycles. The molecule has 1 amide bonds. The molecule has 9 nitrogen and oxygen atoms in total. The number of carbonyl (C=O) groups is 2. The van der Waals surface area contributed by atoms with Gasteiger partial charge in [0.1, 0.15) is 21.3 Å². The number of aromatic amines is 1. The van der Waals surface area contributed by atoms with Crippen LogP contribution in [-0.2, 0) is 22.5 Å². The average Bonchev–Trinajstić information content (AvgIpc) is 3.03. The number of fused-ring (bicyclic) bond motifs is 1. The molecule has 2 aromatic heterocycles. The second-order valence-corrected chi connectivity index (χ2v) is 9.60. The Morgan fingerprint density at radius 1 is 1.11 bits per heavy atom. The zero-order chi connectivity index (χ0) is 24.9. The molecule has 10 heteroatoms. The summed E-state index contributed by atoms with van der Waals surface area (Å²) in [4.78, 5) is 50.0. The van der Waals surface area contributed by atoms with Crippen molar-refractivity contribution in [3.8, 4) is 5.75 Å². The molecule has 0 unspecified atom stereocenters. The van der Waals surface area contributed by atoms with E-state index in [2.05, 4.69) is 14.9 Å². The van der Waals surface area contributed by atoms with Gasteiger partial charge in [-0.3, -0.25) is 14.5 Å². The number of hydrogen-bond acceptors (Lipinski definition) is 8. The van der Waals surface area contributed by atoms with Gasteiger partial charge >= 0.3 is 5.97 Å². The smallest absolute Gasteiger partial charge is 0.348 e. The van der Waals surface area contributed by atoms with E-state index in [-0.39, 0.29) is 11.5 Å². The molecule has 35 heavy (non-hydrogen) atoms. The number of aromatic nitrogens is 2. The minimum absolute atomic E-state index is 0.153. The molecule has 1 fully saturated rings. The number of nitrogens with one attached hydrogen (secondary N) is 1. The van der Waals surface area contributed by atoms with Crippen molar-refractivity contribution in [1.29, 1.82) is 0 Å². The first kappa shape index (κ1) is 24.9. The fraction of sp³-hybridized carbons (Fsp3) is 0.440. The lowest BCUT2D eigenvalue weighted by atomic mass is 10.1. The van der Waals surface area contributed by atoms with E-state index in [1.165, 1.54) is 18.4 Å². The molecule has 1 aromatic carbocycles. The van der Waals surface area contributed by atoms with Crippen molar-refractivity contribution in [3.63, 3.8) is 0 Å². The lowest BCUT2D eigenvalue weighted by Gasteiger charge is -2.22. The van der Waals surface area contributed by atoms with Crippen LogP contribution < -0.4 is 10.3 Å². The predicted molar refractivity (Wildman–Crippen MR) is 134 cm³/mol. The maximum absolute atomic E-state index is 12.8. The number of esters is 1. The summed E-state index contributed by atoms with van der Waals surface area (Å²) in [5.41, 5.74) is 1.45. The molecular weight excluding hydrogens is 468 g/mol. The summed E-state index contributed by atoms with van der Waals surface area (Å²) in [6.45, 7) is 5.07. The van der Waals surface area contributed by atoms with Gasteiger partial charge in [-0.1, -0.05) is 12.1 Å². The number of carbonyl (C=O) groups excluding carboxylic acids is 2. The van der Waals surface area contributed by atoms with E-state index in [1.807, 2.05) is 29.2 Å². The van der Waals surface area contributed by atoms with Crippen LogP contribution in [0.5, 0.6) is 5.75 Å². The Morgan fingerprint density at radius 2 is 1.89 bits per heavy atom. The predicted octanol–water partition coefficient (Wildman–Crippen LogP) is 2.76. The van der Waals surface area contributed by atoms with Gasteiger partial charge in [0, 0.05) is 32.6 Å². The van der Waals surface area contributed by atoms with Crippen LogP contribution in [0.25, 0.3) is 10.2 Å². The normalized spacial score (nSPS) is 14.7. The molecule has 1 aliphatic rings. The Morgan fingerprint density at radius 3 is 2.60 bits per heavy atom. The Bertz CT molecular complexity index is 1270. The number of thiophene rings is 1. The molecule has 0 bridgehead atoms. The van der Waals surface area contributed by atoms with Crippen molar-refractivity contribution >= 4 is 33.4 Å². The zero-order valence-electron chi connectivity index (χ0n) is 20.3. The average molecular weight is 499 g/mol.